The van der Waals surface area contributed by atoms with Crippen LogP contribution in [0.4, 0.5) is 0 Å². The van der Waals surface area contributed by atoms with Gasteiger partial charge in [-0.3, -0.25) is 9.78 Å². The Hall–Kier alpha value is -1.46. The average molecular weight is 357 g/mol. The van der Waals surface area contributed by atoms with Gasteiger partial charge < -0.3 is 14.5 Å². The van der Waals surface area contributed by atoms with E-state index in [1.807, 2.05) is 12.3 Å². The smallest absolute Gasteiger partial charge is 0.225 e. The monoisotopic (exact) mass is 357 g/mol. The molecule has 0 aromatic carbocycles. The van der Waals surface area contributed by atoms with Gasteiger partial charge in [0.25, 0.3) is 0 Å². The molecule has 1 amide bonds. The molecule has 0 N–H and O–H groups in total. The van der Waals surface area contributed by atoms with Crippen LogP contribution in [0.15, 0.2) is 24.5 Å². The van der Waals surface area contributed by atoms with Crippen molar-refractivity contribution >= 4 is 5.91 Å². The number of rotatable bonds is 5. The summed E-state index contributed by atoms with van der Waals surface area (Å²) < 4.78 is 6.06. The van der Waals surface area contributed by atoms with Crippen molar-refractivity contribution in [2.45, 2.75) is 32.8 Å². The molecule has 0 radical (unpaired) electrons. The third kappa shape index (κ3) is 3.52. The van der Waals surface area contributed by atoms with Crippen LogP contribution in [0.25, 0.3) is 0 Å². The zero-order valence-corrected chi connectivity index (χ0v) is 16.1. The van der Waals surface area contributed by atoms with Crippen LogP contribution in [0.5, 0.6) is 0 Å². The summed E-state index contributed by atoms with van der Waals surface area (Å²) >= 11 is 0. The van der Waals surface area contributed by atoms with Crippen LogP contribution in [0.1, 0.15) is 31.7 Å². The fourth-order valence-corrected chi connectivity index (χ4v) is 5.24. The lowest BCUT2D eigenvalue weighted by molar-refractivity contribution is -0.139. The van der Waals surface area contributed by atoms with Crippen molar-refractivity contribution in [1.82, 2.24) is 14.8 Å². The van der Waals surface area contributed by atoms with Crippen LogP contribution >= 0.6 is 0 Å². The van der Waals surface area contributed by atoms with Crippen LogP contribution in [0, 0.1) is 23.2 Å². The molecule has 5 heteroatoms. The zero-order valence-electron chi connectivity index (χ0n) is 16.1. The Morgan fingerprint density at radius 2 is 2.23 bits per heavy atom. The lowest BCUT2D eigenvalue weighted by atomic mass is 9.75. The van der Waals surface area contributed by atoms with E-state index in [9.17, 15) is 4.79 Å². The first kappa shape index (κ1) is 17.9. The van der Waals surface area contributed by atoms with E-state index in [4.69, 9.17) is 4.74 Å². The molecule has 1 saturated carbocycles. The molecule has 4 rings (SSSR count). The third-order valence-electron chi connectivity index (χ3n) is 6.71. The fraction of sp³-hybridized carbons (Fsp3) is 0.714. The van der Waals surface area contributed by atoms with Gasteiger partial charge in [0.15, 0.2) is 0 Å². The number of likely N-dealkylation sites (tertiary alicyclic amines) is 2. The number of aromatic nitrogens is 1. The molecule has 5 nitrogen and oxygen atoms in total. The fourth-order valence-electron chi connectivity index (χ4n) is 5.24. The minimum Gasteiger partial charge on any atom is -0.376 e. The van der Waals surface area contributed by atoms with Crippen molar-refractivity contribution in [3.8, 4) is 0 Å². The van der Waals surface area contributed by atoms with E-state index in [-0.39, 0.29) is 5.41 Å². The van der Waals surface area contributed by atoms with Gasteiger partial charge in [0.05, 0.1) is 13.2 Å². The molecule has 2 saturated heterocycles. The van der Waals surface area contributed by atoms with Gasteiger partial charge in [0, 0.05) is 55.8 Å². The predicted molar refractivity (Wildman–Crippen MR) is 100 cm³/mol. The minimum atomic E-state index is 0.217. The van der Waals surface area contributed by atoms with Gasteiger partial charge in [-0.1, -0.05) is 13.0 Å². The summed E-state index contributed by atoms with van der Waals surface area (Å²) in [4.78, 5) is 21.5. The summed E-state index contributed by atoms with van der Waals surface area (Å²) in [6, 6.07) is 4.00. The summed E-state index contributed by atoms with van der Waals surface area (Å²) in [6.45, 7) is 7.62. The average Bonchev–Trinajstić information content (AvgIpc) is 3.16. The van der Waals surface area contributed by atoms with Gasteiger partial charge >= 0.3 is 0 Å². The molecule has 3 fully saturated rings. The maximum atomic E-state index is 12.8. The normalized spacial score (nSPS) is 34.4. The second-order valence-electron chi connectivity index (χ2n) is 8.92. The minimum absolute atomic E-state index is 0.217. The predicted octanol–water partition coefficient (Wildman–Crippen LogP) is 2.42. The summed E-state index contributed by atoms with van der Waals surface area (Å²) in [7, 11) is 2.20. The highest BCUT2D eigenvalue weighted by Gasteiger charge is 2.51. The molecule has 0 unspecified atom stereocenters. The van der Waals surface area contributed by atoms with Gasteiger partial charge in [-0.05, 0) is 43.9 Å². The Bertz CT molecular complexity index is 631. The Kier molecular flexibility index (Phi) is 5.02. The van der Waals surface area contributed by atoms with Gasteiger partial charge in [0.2, 0.25) is 5.91 Å². The summed E-state index contributed by atoms with van der Waals surface area (Å²) in [5, 5.41) is 0. The van der Waals surface area contributed by atoms with Crippen molar-refractivity contribution in [2.24, 2.45) is 23.2 Å². The highest BCUT2D eigenvalue weighted by Crippen LogP contribution is 2.45. The van der Waals surface area contributed by atoms with E-state index in [1.165, 1.54) is 0 Å². The van der Waals surface area contributed by atoms with E-state index in [2.05, 4.69) is 34.8 Å². The standard InChI is InChI=1S/C21H31N3O2/c1-16-8-18(9-16)20(25)24-7-5-21(15-24)14-23(2)11-19(21)13-26-12-17-4-3-6-22-10-17/h3-4,6,10,16,18-19H,5,7-9,11-15H2,1-2H3/t16?,18?,19-,21+/m0/s1. The Labute approximate surface area is 156 Å². The van der Waals surface area contributed by atoms with Crippen molar-refractivity contribution < 1.29 is 9.53 Å². The summed E-state index contributed by atoms with van der Waals surface area (Å²) in [5.74, 6) is 1.93. The number of hydrogen-bond donors (Lipinski definition) is 0. The van der Waals surface area contributed by atoms with E-state index in [1.54, 1.807) is 6.20 Å². The molecule has 1 aliphatic carbocycles. The van der Waals surface area contributed by atoms with Crippen LogP contribution in [-0.4, -0.2) is 60.5 Å². The topological polar surface area (TPSA) is 45.7 Å². The van der Waals surface area contributed by atoms with Crippen LogP contribution < -0.4 is 0 Å². The molecule has 26 heavy (non-hydrogen) atoms. The quantitative estimate of drug-likeness (QED) is 0.812. The van der Waals surface area contributed by atoms with Crippen molar-refractivity contribution in [2.75, 3.05) is 39.8 Å². The molecule has 0 bridgehead atoms. The van der Waals surface area contributed by atoms with Gasteiger partial charge in [-0.15, -0.1) is 0 Å². The second-order valence-corrected chi connectivity index (χ2v) is 8.92. The molecule has 1 aromatic heterocycles. The highest BCUT2D eigenvalue weighted by atomic mass is 16.5. The van der Waals surface area contributed by atoms with Gasteiger partial charge in [-0.2, -0.15) is 0 Å². The van der Waals surface area contributed by atoms with Crippen LogP contribution in [0.3, 0.4) is 0 Å². The van der Waals surface area contributed by atoms with E-state index in [0.717, 1.165) is 63.5 Å². The van der Waals surface area contributed by atoms with Gasteiger partial charge in [-0.25, -0.2) is 0 Å². The van der Waals surface area contributed by atoms with Crippen molar-refractivity contribution in [1.29, 1.82) is 0 Å². The van der Waals surface area contributed by atoms with Crippen molar-refractivity contribution in [3.63, 3.8) is 0 Å². The largest absolute Gasteiger partial charge is 0.376 e. The first-order valence-corrected chi connectivity index (χ1v) is 10.00. The SMILES string of the molecule is CC1CC(C(=O)N2CC[C@@]3(CN(C)C[C@H]3COCc3cccnc3)C2)C1. The number of carbonyl (C=O) groups excluding carboxylic acids is 1. The van der Waals surface area contributed by atoms with E-state index in [0.29, 0.717) is 24.3 Å². The summed E-state index contributed by atoms with van der Waals surface area (Å²) in [5.41, 5.74) is 1.34. The number of carbonyl (C=O) groups is 1. The zero-order chi connectivity index (χ0) is 18.1. The third-order valence-corrected chi connectivity index (χ3v) is 6.71. The lowest BCUT2D eigenvalue weighted by Gasteiger charge is -2.36. The second kappa shape index (κ2) is 7.28. The molecule has 2 atom stereocenters. The molecule has 2 aliphatic heterocycles. The lowest BCUT2D eigenvalue weighted by Crippen LogP contribution is -2.43. The van der Waals surface area contributed by atoms with E-state index < -0.39 is 0 Å². The summed E-state index contributed by atoms with van der Waals surface area (Å²) in [6.07, 6.45) is 6.94. The number of pyridine rings is 1. The molecule has 1 spiro atoms. The van der Waals surface area contributed by atoms with E-state index >= 15 is 0 Å². The first-order chi connectivity index (χ1) is 12.6. The molecule has 142 valence electrons. The Morgan fingerprint density at radius 3 is 2.96 bits per heavy atom. The molecular weight excluding hydrogens is 326 g/mol. The number of hydrogen-bond acceptors (Lipinski definition) is 4. The first-order valence-electron chi connectivity index (χ1n) is 10.00. The Morgan fingerprint density at radius 1 is 1.38 bits per heavy atom. The number of nitrogens with zero attached hydrogens (tertiary/aromatic N) is 3. The maximum absolute atomic E-state index is 12.8. The van der Waals surface area contributed by atoms with Gasteiger partial charge in [0.1, 0.15) is 0 Å². The number of amides is 1. The highest BCUT2D eigenvalue weighted by molar-refractivity contribution is 5.80. The molecule has 3 heterocycles. The molecular formula is C21H31N3O2. The maximum Gasteiger partial charge on any atom is 0.225 e. The molecule has 3 aliphatic rings. The van der Waals surface area contributed by atoms with Crippen molar-refractivity contribution in [3.05, 3.63) is 30.1 Å². The Balaban J connectivity index is 1.34. The van der Waals surface area contributed by atoms with Crippen LogP contribution in [-0.2, 0) is 16.1 Å². The molecule has 1 aromatic rings. The number of ether oxygens (including phenoxy) is 1. The van der Waals surface area contributed by atoms with Crippen LogP contribution in [0.2, 0.25) is 0 Å².